The van der Waals surface area contributed by atoms with Crippen LogP contribution in [0.15, 0.2) is 4.52 Å². The van der Waals surface area contributed by atoms with Gasteiger partial charge in [-0.2, -0.15) is 4.98 Å². The van der Waals surface area contributed by atoms with Crippen LogP contribution in [0.3, 0.4) is 0 Å². The van der Waals surface area contributed by atoms with Crippen molar-refractivity contribution in [2.24, 2.45) is 5.73 Å². The summed E-state index contributed by atoms with van der Waals surface area (Å²) in [5.74, 6) is 1.17. The van der Waals surface area contributed by atoms with Crippen molar-refractivity contribution in [1.29, 1.82) is 0 Å². The second kappa shape index (κ2) is 7.63. The Hall–Kier alpha value is -0.650. The van der Waals surface area contributed by atoms with Gasteiger partial charge in [0.1, 0.15) is 0 Å². The largest absolute Gasteiger partial charge is 0.338 e. The van der Waals surface area contributed by atoms with Crippen LogP contribution in [-0.2, 0) is 13.1 Å². The highest BCUT2D eigenvalue weighted by Crippen LogP contribution is 2.19. The molecule has 100 valence electrons. The van der Waals surface area contributed by atoms with Gasteiger partial charge in [-0.3, -0.25) is 0 Å². The van der Waals surface area contributed by atoms with Gasteiger partial charge in [-0.25, -0.2) is 0 Å². The zero-order valence-corrected chi connectivity index (χ0v) is 11.6. The molecule has 0 aliphatic carbocycles. The monoisotopic (exact) mass is 262 g/mol. The van der Waals surface area contributed by atoms with E-state index in [0.717, 1.165) is 19.3 Å². The van der Waals surface area contributed by atoms with Crippen molar-refractivity contribution in [3.63, 3.8) is 0 Å². The lowest BCUT2D eigenvalue weighted by Gasteiger charge is -2.31. The van der Waals surface area contributed by atoms with E-state index < -0.39 is 0 Å². The van der Waals surface area contributed by atoms with Crippen LogP contribution in [-0.4, -0.2) is 15.7 Å². The first-order valence-corrected chi connectivity index (χ1v) is 5.96. The quantitative estimate of drug-likeness (QED) is 0.786. The molecule has 0 atom stereocenters. The number of rotatable bonds is 7. The van der Waals surface area contributed by atoms with Crippen molar-refractivity contribution in [3.8, 4) is 0 Å². The molecule has 0 saturated carbocycles. The lowest BCUT2D eigenvalue weighted by atomic mass is 9.90. The van der Waals surface area contributed by atoms with Gasteiger partial charge in [0.15, 0.2) is 5.82 Å². The van der Waals surface area contributed by atoms with Gasteiger partial charge in [0.2, 0.25) is 5.89 Å². The van der Waals surface area contributed by atoms with Crippen LogP contribution < -0.4 is 11.1 Å². The van der Waals surface area contributed by atoms with Crippen LogP contribution in [0.25, 0.3) is 0 Å². The number of nitrogens with zero attached hydrogens (tertiary/aromatic N) is 2. The normalized spacial score (nSPS) is 11.3. The second-order valence-electron chi connectivity index (χ2n) is 4.00. The zero-order valence-electron chi connectivity index (χ0n) is 10.8. The van der Waals surface area contributed by atoms with Crippen LogP contribution in [0, 0.1) is 0 Å². The highest BCUT2D eigenvalue weighted by molar-refractivity contribution is 5.85. The summed E-state index contributed by atoms with van der Waals surface area (Å²) in [6, 6.07) is 0. The molecular formula is C11H23ClN4O. The maximum Gasteiger partial charge on any atom is 0.240 e. The van der Waals surface area contributed by atoms with Gasteiger partial charge in [-0.05, 0) is 19.3 Å². The molecule has 1 aromatic heterocycles. The molecule has 0 amide bonds. The Morgan fingerprint density at radius 2 is 1.82 bits per heavy atom. The van der Waals surface area contributed by atoms with Crippen molar-refractivity contribution in [2.45, 2.75) is 58.7 Å². The number of nitrogens with one attached hydrogen (secondary N) is 1. The molecule has 17 heavy (non-hydrogen) atoms. The smallest absolute Gasteiger partial charge is 0.240 e. The first-order chi connectivity index (χ1) is 7.69. The molecule has 6 heteroatoms. The third-order valence-corrected chi connectivity index (χ3v) is 3.34. The van der Waals surface area contributed by atoms with E-state index in [1.54, 1.807) is 0 Å². The number of nitrogens with two attached hydrogens (primary N) is 1. The molecular weight excluding hydrogens is 240 g/mol. The van der Waals surface area contributed by atoms with E-state index in [0.29, 0.717) is 24.8 Å². The van der Waals surface area contributed by atoms with Gasteiger partial charge >= 0.3 is 0 Å². The zero-order chi connectivity index (χ0) is 12.0. The number of hydrogen-bond donors (Lipinski definition) is 2. The Bertz CT molecular complexity index is 304. The third kappa shape index (κ3) is 4.26. The minimum atomic E-state index is 0. The highest BCUT2D eigenvalue weighted by atomic mass is 35.5. The van der Waals surface area contributed by atoms with E-state index in [2.05, 4.69) is 36.2 Å². The van der Waals surface area contributed by atoms with Gasteiger partial charge in [0.25, 0.3) is 0 Å². The fourth-order valence-electron chi connectivity index (χ4n) is 1.84. The summed E-state index contributed by atoms with van der Waals surface area (Å²) in [5, 5.41) is 7.37. The fraction of sp³-hybridized carbons (Fsp3) is 0.818. The van der Waals surface area contributed by atoms with Crippen molar-refractivity contribution in [1.82, 2.24) is 15.5 Å². The molecule has 0 aromatic carbocycles. The molecule has 0 bridgehead atoms. The molecule has 0 spiro atoms. The van der Waals surface area contributed by atoms with Gasteiger partial charge in [0, 0.05) is 5.54 Å². The maximum atomic E-state index is 5.41. The molecule has 0 aliphatic heterocycles. The van der Waals surface area contributed by atoms with Gasteiger partial charge in [-0.15, -0.1) is 12.4 Å². The van der Waals surface area contributed by atoms with E-state index in [-0.39, 0.29) is 17.9 Å². The summed E-state index contributed by atoms with van der Waals surface area (Å²) >= 11 is 0. The summed E-state index contributed by atoms with van der Waals surface area (Å²) in [7, 11) is 0. The Kier molecular flexibility index (Phi) is 7.34. The molecule has 0 radical (unpaired) electrons. The molecule has 0 fully saturated rings. The third-order valence-electron chi connectivity index (χ3n) is 3.34. The Balaban J connectivity index is 0.00000256. The Morgan fingerprint density at radius 3 is 2.24 bits per heavy atom. The summed E-state index contributed by atoms with van der Waals surface area (Å²) in [4.78, 5) is 4.17. The minimum absolute atomic E-state index is 0. The SMILES string of the molecule is CCC(CC)(CC)NCc1noc(CN)n1.Cl. The highest BCUT2D eigenvalue weighted by Gasteiger charge is 2.23. The van der Waals surface area contributed by atoms with Gasteiger partial charge in [0.05, 0.1) is 13.1 Å². The number of hydrogen-bond acceptors (Lipinski definition) is 5. The predicted octanol–water partition coefficient (Wildman–Crippen LogP) is 2.01. The first-order valence-electron chi connectivity index (χ1n) is 5.96. The predicted molar refractivity (Wildman–Crippen MR) is 69.9 cm³/mol. The fourth-order valence-corrected chi connectivity index (χ4v) is 1.84. The molecule has 0 unspecified atom stereocenters. The average molecular weight is 263 g/mol. The van der Waals surface area contributed by atoms with E-state index in [1.165, 1.54) is 0 Å². The second-order valence-corrected chi connectivity index (χ2v) is 4.00. The lowest BCUT2D eigenvalue weighted by Crippen LogP contribution is -2.43. The van der Waals surface area contributed by atoms with Crippen molar-refractivity contribution in [2.75, 3.05) is 0 Å². The molecule has 1 rings (SSSR count). The van der Waals surface area contributed by atoms with Gasteiger partial charge in [-0.1, -0.05) is 25.9 Å². The Labute approximate surface area is 109 Å². The number of halogens is 1. The number of aromatic nitrogens is 2. The summed E-state index contributed by atoms with van der Waals surface area (Å²) in [6.45, 7) is 7.52. The first kappa shape index (κ1) is 16.4. The minimum Gasteiger partial charge on any atom is -0.338 e. The van der Waals surface area contributed by atoms with Crippen LogP contribution in [0.5, 0.6) is 0 Å². The molecule has 1 heterocycles. The topological polar surface area (TPSA) is 77.0 Å². The van der Waals surface area contributed by atoms with Crippen LogP contribution in [0.2, 0.25) is 0 Å². The van der Waals surface area contributed by atoms with Crippen LogP contribution in [0.1, 0.15) is 51.7 Å². The lowest BCUT2D eigenvalue weighted by molar-refractivity contribution is 0.282. The molecule has 1 aromatic rings. The average Bonchev–Trinajstić information content (AvgIpc) is 2.80. The molecule has 0 aliphatic rings. The van der Waals surface area contributed by atoms with Crippen molar-refractivity contribution in [3.05, 3.63) is 11.7 Å². The van der Waals surface area contributed by atoms with Crippen molar-refractivity contribution >= 4 is 12.4 Å². The Morgan fingerprint density at radius 1 is 1.24 bits per heavy atom. The maximum absolute atomic E-state index is 5.41. The molecule has 0 saturated heterocycles. The van der Waals surface area contributed by atoms with E-state index >= 15 is 0 Å². The molecule has 3 N–H and O–H groups in total. The van der Waals surface area contributed by atoms with Crippen LogP contribution >= 0.6 is 12.4 Å². The standard InChI is InChI=1S/C11H22N4O.ClH/c1-4-11(5-2,6-3)13-8-9-14-10(7-12)16-15-9;/h13H,4-8,12H2,1-3H3;1H. The summed E-state index contributed by atoms with van der Waals surface area (Å²) in [5.41, 5.74) is 5.59. The molecule has 5 nitrogen and oxygen atoms in total. The van der Waals surface area contributed by atoms with Gasteiger partial charge < -0.3 is 15.6 Å². The van der Waals surface area contributed by atoms with E-state index in [4.69, 9.17) is 10.3 Å². The van der Waals surface area contributed by atoms with Crippen molar-refractivity contribution < 1.29 is 4.52 Å². The van der Waals surface area contributed by atoms with E-state index in [1.807, 2.05) is 0 Å². The van der Waals surface area contributed by atoms with Crippen LogP contribution in [0.4, 0.5) is 0 Å². The van der Waals surface area contributed by atoms with E-state index in [9.17, 15) is 0 Å². The summed E-state index contributed by atoms with van der Waals surface area (Å²) < 4.78 is 4.95. The summed E-state index contributed by atoms with van der Waals surface area (Å²) in [6.07, 6.45) is 3.30.